The predicted molar refractivity (Wildman–Crippen MR) is 120 cm³/mol. The van der Waals surface area contributed by atoms with Gasteiger partial charge in [-0.25, -0.2) is 0 Å². The quantitative estimate of drug-likeness (QED) is 0.403. The summed E-state index contributed by atoms with van der Waals surface area (Å²) in [5, 5.41) is 3.00. The molecule has 0 unspecified atom stereocenters. The zero-order chi connectivity index (χ0) is 20.1. The molecule has 1 aliphatic rings. The van der Waals surface area contributed by atoms with E-state index in [4.69, 9.17) is 28.9 Å². The van der Waals surface area contributed by atoms with Crippen LogP contribution in [0.25, 0.3) is 32.9 Å². The summed E-state index contributed by atoms with van der Waals surface area (Å²) >= 11 is 12.5. The SMILES string of the molecule is NC(=O)c1cccc2c1c1[c]cc(-c3ccc(Cl)cc3Cl)cc1n2CC1CCC1. The van der Waals surface area contributed by atoms with Crippen LogP contribution in [-0.2, 0) is 6.54 Å². The van der Waals surface area contributed by atoms with Gasteiger partial charge < -0.3 is 10.3 Å². The Morgan fingerprint density at radius 3 is 2.66 bits per heavy atom. The molecule has 1 aromatic heterocycles. The van der Waals surface area contributed by atoms with Crippen molar-refractivity contribution < 1.29 is 4.79 Å². The Morgan fingerprint density at radius 1 is 1.14 bits per heavy atom. The summed E-state index contributed by atoms with van der Waals surface area (Å²) in [6.07, 6.45) is 3.76. The average molecular weight is 422 g/mol. The Hall–Kier alpha value is -2.49. The number of benzene rings is 3. The number of primary amides is 1. The molecule has 1 aliphatic carbocycles. The number of nitrogens with zero attached hydrogens (tertiary/aromatic N) is 1. The van der Waals surface area contributed by atoms with Gasteiger partial charge in [0.25, 0.3) is 0 Å². The molecule has 29 heavy (non-hydrogen) atoms. The van der Waals surface area contributed by atoms with Gasteiger partial charge in [0.1, 0.15) is 0 Å². The van der Waals surface area contributed by atoms with Crippen LogP contribution in [-0.4, -0.2) is 10.5 Å². The van der Waals surface area contributed by atoms with E-state index in [2.05, 4.69) is 22.8 Å². The van der Waals surface area contributed by atoms with Crippen molar-refractivity contribution in [3.8, 4) is 11.1 Å². The fourth-order valence-corrected chi connectivity index (χ4v) is 4.79. The van der Waals surface area contributed by atoms with Gasteiger partial charge in [0.2, 0.25) is 5.91 Å². The van der Waals surface area contributed by atoms with Gasteiger partial charge in [-0.15, -0.1) is 0 Å². The van der Waals surface area contributed by atoms with Crippen LogP contribution in [0.15, 0.2) is 48.5 Å². The summed E-state index contributed by atoms with van der Waals surface area (Å²) in [7, 11) is 0. The summed E-state index contributed by atoms with van der Waals surface area (Å²) in [4.78, 5) is 12.1. The molecule has 4 aromatic rings. The predicted octanol–water partition coefficient (Wildman–Crippen LogP) is 6.47. The topological polar surface area (TPSA) is 48.0 Å². The normalized spacial score (nSPS) is 14.4. The monoisotopic (exact) mass is 421 g/mol. The van der Waals surface area contributed by atoms with E-state index in [0.717, 1.165) is 39.5 Å². The minimum atomic E-state index is -0.420. The molecule has 0 saturated heterocycles. The summed E-state index contributed by atoms with van der Waals surface area (Å²) in [6.45, 7) is 0.924. The van der Waals surface area contributed by atoms with Gasteiger partial charge in [0.05, 0.1) is 5.52 Å². The maximum Gasteiger partial charge on any atom is 0.249 e. The molecule has 1 fully saturated rings. The van der Waals surface area contributed by atoms with Crippen LogP contribution < -0.4 is 5.73 Å². The fourth-order valence-electron chi connectivity index (χ4n) is 4.27. The molecule has 5 rings (SSSR count). The first-order valence-corrected chi connectivity index (χ1v) is 10.5. The molecule has 0 aliphatic heterocycles. The highest BCUT2D eigenvalue weighted by molar-refractivity contribution is 6.36. The molecule has 1 amide bonds. The molecule has 2 N–H and O–H groups in total. The zero-order valence-corrected chi connectivity index (χ0v) is 17.2. The smallest absolute Gasteiger partial charge is 0.249 e. The van der Waals surface area contributed by atoms with E-state index in [0.29, 0.717) is 21.5 Å². The van der Waals surface area contributed by atoms with Crippen LogP contribution in [0.2, 0.25) is 10.0 Å². The molecular weight excluding hydrogens is 403 g/mol. The van der Waals surface area contributed by atoms with Gasteiger partial charge in [-0.3, -0.25) is 4.79 Å². The highest BCUT2D eigenvalue weighted by Gasteiger charge is 2.22. The maximum atomic E-state index is 12.1. The van der Waals surface area contributed by atoms with E-state index in [1.807, 2.05) is 24.3 Å². The lowest BCUT2D eigenvalue weighted by Gasteiger charge is -2.26. The molecule has 0 atom stereocenters. The van der Waals surface area contributed by atoms with E-state index >= 15 is 0 Å². The third-order valence-corrected chi connectivity index (χ3v) is 6.52. The van der Waals surface area contributed by atoms with Crippen molar-refractivity contribution in [1.29, 1.82) is 0 Å². The number of fused-ring (bicyclic) bond motifs is 3. The van der Waals surface area contributed by atoms with Crippen LogP contribution in [0.4, 0.5) is 0 Å². The Kier molecular flexibility index (Phi) is 4.53. The molecule has 3 aromatic carbocycles. The second-order valence-electron chi connectivity index (χ2n) is 7.74. The van der Waals surface area contributed by atoms with E-state index in [-0.39, 0.29) is 0 Å². The first-order chi connectivity index (χ1) is 14.0. The molecular formula is C24H19Cl2N2O. The minimum Gasteiger partial charge on any atom is -0.366 e. The van der Waals surface area contributed by atoms with Crippen LogP contribution >= 0.6 is 23.2 Å². The first-order valence-electron chi connectivity index (χ1n) is 9.75. The Morgan fingerprint density at radius 2 is 1.97 bits per heavy atom. The molecule has 1 heterocycles. The second kappa shape index (κ2) is 7.08. The number of nitrogens with two attached hydrogens (primary N) is 1. The van der Waals surface area contributed by atoms with Crippen molar-refractivity contribution in [2.45, 2.75) is 25.8 Å². The van der Waals surface area contributed by atoms with Gasteiger partial charge in [0, 0.05) is 44.0 Å². The van der Waals surface area contributed by atoms with Crippen molar-refractivity contribution in [2.24, 2.45) is 11.7 Å². The van der Waals surface area contributed by atoms with E-state index < -0.39 is 5.91 Å². The van der Waals surface area contributed by atoms with Crippen molar-refractivity contribution >= 4 is 50.9 Å². The highest BCUT2D eigenvalue weighted by Crippen LogP contribution is 2.38. The third kappa shape index (κ3) is 3.09. The molecule has 0 spiro atoms. The number of carbonyl (C=O) groups is 1. The first kappa shape index (κ1) is 18.5. The standard InChI is InChI=1S/C24H19Cl2N2O/c25-16-8-10-17(20(26)12-16)15-7-9-18-22(11-15)28(13-14-3-1-4-14)21-6-2-5-19(23(18)21)24(27)29/h2,5-8,10-12,14H,1,3-4,13H2,(H2,27,29). The average Bonchev–Trinajstić information content (AvgIpc) is 2.97. The summed E-state index contributed by atoms with van der Waals surface area (Å²) < 4.78 is 2.31. The van der Waals surface area contributed by atoms with Crippen molar-refractivity contribution in [2.75, 3.05) is 0 Å². The molecule has 1 radical (unpaired) electrons. The lowest BCUT2D eigenvalue weighted by Crippen LogP contribution is -2.18. The number of amides is 1. The third-order valence-electron chi connectivity index (χ3n) is 5.97. The minimum absolute atomic E-state index is 0.420. The van der Waals surface area contributed by atoms with Crippen LogP contribution in [0.1, 0.15) is 29.6 Å². The van der Waals surface area contributed by atoms with E-state index in [1.54, 1.807) is 12.1 Å². The summed E-state index contributed by atoms with van der Waals surface area (Å²) in [6, 6.07) is 18.7. The summed E-state index contributed by atoms with van der Waals surface area (Å²) in [5.74, 6) is 0.241. The number of carbonyl (C=O) groups excluding carboxylic acids is 1. The van der Waals surface area contributed by atoms with Crippen molar-refractivity contribution in [3.05, 3.63) is 70.2 Å². The molecule has 5 heteroatoms. The molecule has 1 saturated carbocycles. The van der Waals surface area contributed by atoms with Gasteiger partial charge in [0.15, 0.2) is 0 Å². The number of halogens is 2. The number of hydrogen-bond acceptors (Lipinski definition) is 1. The van der Waals surface area contributed by atoms with E-state index in [1.165, 1.54) is 19.3 Å². The van der Waals surface area contributed by atoms with Gasteiger partial charge in [-0.2, -0.15) is 0 Å². The maximum absolute atomic E-state index is 12.1. The highest BCUT2D eigenvalue weighted by atomic mass is 35.5. The summed E-state index contributed by atoms with van der Waals surface area (Å²) in [5.41, 5.74) is 10.2. The van der Waals surface area contributed by atoms with Crippen LogP contribution in [0, 0.1) is 12.0 Å². The largest absolute Gasteiger partial charge is 0.366 e. The van der Waals surface area contributed by atoms with E-state index in [9.17, 15) is 4.79 Å². The number of rotatable bonds is 4. The lowest BCUT2D eigenvalue weighted by molar-refractivity contribution is 0.100. The van der Waals surface area contributed by atoms with Crippen molar-refractivity contribution in [3.63, 3.8) is 0 Å². The molecule has 3 nitrogen and oxygen atoms in total. The molecule has 145 valence electrons. The van der Waals surface area contributed by atoms with Gasteiger partial charge in [-0.05, 0) is 66.8 Å². The van der Waals surface area contributed by atoms with Crippen LogP contribution in [0.5, 0.6) is 0 Å². The van der Waals surface area contributed by atoms with Crippen molar-refractivity contribution in [1.82, 2.24) is 4.57 Å². The lowest BCUT2D eigenvalue weighted by atomic mass is 9.85. The number of hydrogen-bond donors (Lipinski definition) is 1. The Labute approximate surface area is 179 Å². The zero-order valence-electron chi connectivity index (χ0n) is 15.7. The Balaban J connectivity index is 1.79. The van der Waals surface area contributed by atoms with Crippen LogP contribution in [0.3, 0.4) is 0 Å². The number of aromatic nitrogens is 1. The van der Waals surface area contributed by atoms with Gasteiger partial charge in [-0.1, -0.05) is 41.8 Å². The Bertz CT molecular complexity index is 1270. The fraction of sp³-hybridized carbons (Fsp3) is 0.208. The van der Waals surface area contributed by atoms with Gasteiger partial charge >= 0.3 is 0 Å². The molecule has 0 bridgehead atoms. The second-order valence-corrected chi connectivity index (χ2v) is 8.59.